The quantitative estimate of drug-likeness (QED) is 0.611. The lowest BCUT2D eigenvalue weighted by Gasteiger charge is -2.18. The molecule has 2 aromatic carbocycles. The standard InChI is InChI=1S/C24H30N2O/c1-5-26-16-22(20-8-6-7-9-23(20)26)21(14-24(27)25-15-17(2)3)19-12-10-18(4)11-13-19/h6-13,16-17,21H,5,14-15H2,1-4H3,(H,25,27)/t21-/m0/s1. The summed E-state index contributed by atoms with van der Waals surface area (Å²) in [5, 5.41) is 4.32. The zero-order valence-corrected chi connectivity index (χ0v) is 16.8. The minimum absolute atomic E-state index is 0.0514. The molecule has 0 saturated heterocycles. The molecule has 1 amide bonds. The van der Waals surface area contributed by atoms with Crippen LogP contribution in [-0.2, 0) is 11.3 Å². The lowest BCUT2D eigenvalue weighted by Crippen LogP contribution is -2.28. The van der Waals surface area contributed by atoms with Crippen molar-refractivity contribution in [1.29, 1.82) is 0 Å². The van der Waals surface area contributed by atoms with Gasteiger partial charge in [0.15, 0.2) is 0 Å². The van der Waals surface area contributed by atoms with E-state index in [-0.39, 0.29) is 11.8 Å². The number of nitrogens with zero attached hydrogens (tertiary/aromatic N) is 1. The van der Waals surface area contributed by atoms with Gasteiger partial charge in [-0.15, -0.1) is 0 Å². The third-order valence-electron chi connectivity index (χ3n) is 5.11. The molecule has 1 aromatic heterocycles. The summed E-state index contributed by atoms with van der Waals surface area (Å²) in [6.45, 7) is 10.1. The smallest absolute Gasteiger partial charge is 0.220 e. The number of hydrogen-bond donors (Lipinski definition) is 1. The maximum atomic E-state index is 12.7. The Bertz CT molecular complexity index is 906. The number of aryl methyl sites for hydroxylation is 2. The van der Waals surface area contributed by atoms with E-state index in [4.69, 9.17) is 0 Å². The molecular formula is C24H30N2O. The first-order valence-electron chi connectivity index (χ1n) is 9.90. The number of rotatable bonds is 7. The van der Waals surface area contributed by atoms with Gasteiger partial charge in [0.2, 0.25) is 5.91 Å². The van der Waals surface area contributed by atoms with Crippen molar-refractivity contribution in [2.24, 2.45) is 5.92 Å². The highest BCUT2D eigenvalue weighted by Gasteiger charge is 2.22. The van der Waals surface area contributed by atoms with Crippen LogP contribution in [0.1, 0.15) is 49.8 Å². The summed E-state index contributed by atoms with van der Waals surface area (Å²) in [5.74, 6) is 0.617. The van der Waals surface area contributed by atoms with E-state index in [1.54, 1.807) is 0 Å². The van der Waals surface area contributed by atoms with E-state index in [0.29, 0.717) is 12.3 Å². The van der Waals surface area contributed by atoms with Gasteiger partial charge in [0, 0.05) is 42.5 Å². The summed E-state index contributed by atoms with van der Waals surface area (Å²) in [6.07, 6.45) is 2.69. The van der Waals surface area contributed by atoms with Crippen LogP contribution in [0.25, 0.3) is 10.9 Å². The van der Waals surface area contributed by atoms with Crippen molar-refractivity contribution >= 4 is 16.8 Å². The van der Waals surface area contributed by atoms with Crippen LogP contribution in [0.5, 0.6) is 0 Å². The molecule has 0 aliphatic heterocycles. The molecule has 1 N–H and O–H groups in total. The normalized spacial score (nSPS) is 12.5. The van der Waals surface area contributed by atoms with Gasteiger partial charge in [0.25, 0.3) is 0 Å². The molecule has 1 heterocycles. The fourth-order valence-electron chi connectivity index (χ4n) is 3.60. The van der Waals surface area contributed by atoms with Crippen molar-refractivity contribution in [3.8, 4) is 0 Å². The Labute approximate surface area is 162 Å². The predicted molar refractivity (Wildman–Crippen MR) is 113 cm³/mol. The monoisotopic (exact) mass is 362 g/mol. The molecule has 3 heteroatoms. The molecule has 1 atom stereocenters. The van der Waals surface area contributed by atoms with E-state index in [1.165, 1.54) is 27.6 Å². The van der Waals surface area contributed by atoms with Crippen molar-refractivity contribution in [3.63, 3.8) is 0 Å². The number of carbonyl (C=O) groups excluding carboxylic acids is 1. The summed E-state index contributed by atoms with van der Waals surface area (Å²) in [5.41, 5.74) is 4.89. The van der Waals surface area contributed by atoms with Gasteiger partial charge in [-0.05, 0) is 37.0 Å². The molecule has 0 unspecified atom stereocenters. The van der Waals surface area contributed by atoms with Crippen molar-refractivity contribution in [1.82, 2.24) is 9.88 Å². The number of para-hydroxylation sites is 1. The Kier molecular flexibility index (Phi) is 6.00. The van der Waals surface area contributed by atoms with Gasteiger partial charge in [0.05, 0.1) is 0 Å². The molecule has 3 nitrogen and oxygen atoms in total. The van der Waals surface area contributed by atoms with Crippen molar-refractivity contribution in [2.45, 2.75) is 46.6 Å². The number of nitrogens with one attached hydrogen (secondary N) is 1. The minimum atomic E-state index is 0.0514. The number of aromatic nitrogens is 1. The van der Waals surface area contributed by atoms with Crippen molar-refractivity contribution in [2.75, 3.05) is 6.54 Å². The third-order valence-corrected chi connectivity index (χ3v) is 5.11. The van der Waals surface area contributed by atoms with Gasteiger partial charge in [-0.1, -0.05) is 61.9 Å². The van der Waals surface area contributed by atoms with Crippen molar-refractivity contribution < 1.29 is 4.79 Å². The Morgan fingerprint density at radius 3 is 2.44 bits per heavy atom. The largest absolute Gasteiger partial charge is 0.356 e. The second kappa shape index (κ2) is 8.43. The lowest BCUT2D eigenvalue weighted by atomic mass is 9.87. The van der Waals surface area contributed by atoms with Gasteiger partial charge in [-0.2, -0.15) is 0 Å². The Morgan fingerprint density at radius 1 is 1.07 bits per heavy atom. The van der Waals surface area contributed by atoms with Gasteiger partial charge in [0.1, 0.15) is 0 Å². The highest BCUT2D eigenvalue weighted by Crippen LogP contribution is 2.35. The fourth-order valence-corrected chi connectivity index (χ4v) is 3.60. The molecule has 0 fully saturated rings. The number of amides is 1. The molecule has 27 heavy (non-hydrogen) atoms. The van der Waals surface area contributed by atoms with Crippen LogP contribution >= 0.6 is 0 Å². The lowest BCUT2D eigenvalue weighted by molar-refractivity contribution is -0.121. The second-order valence-corrected chi connectivity index (χ2v) is 7.75. The van der Waals surface area contributed by atoms with Crippen LogP contribution in [0.2, 0.25) is 0 Å². The average Bonchev–Trinajstić information content (AvgIpc) is 3.04. The van der Waals surface area contributed by atoms with Crippen LogP contribution in [0.3, 0.4) is 0 Å². The highest BCUT2D eigenvalue weighted by molar-refractivity contribution is 5.86. The Balaban J connectivity index is 2.02. The summed E-state index contributed by atoms with van der Waals surface area (Å²) >= 11 is 0. The first-order chi connectivity index (χ1) is 13.0. The van der Waals surface area contributed by atoms with E-state index in [0.717, 1.165) is 13.1 Å². The molecule has 0 aliphatic carbocycles. The first kappa shape index (κ1) is 19.2. The molecule has 3 rings (SSSR count). The third kappa shape index (κ3) is 4.41. The number of carbonyl (C=O) groups is 1. The van der Waals surface area contributed by atoms with Crippen LogP contribution in [0, 0.1) is 12.8 Å². The van der Waals surface area contributed by atoms with Gasteiger partial charge in [-0.25, -0.2) is 0 Å². The van der Waals surface area contributed by atoms with E-state index in [1.807, 2.05) is 0 Å². The number of hydrogen-bond acceptors (Lipinski definition) is 1. The maximum Gasteiger partial charge on any atom is 0.220 e. The van der Waals surface area contributed by atoms with E-state index in [9.17, 15) is 4.79 Å². The van der Waals surface area contributed by atoms with Crippen LogP contribution < -0.4 is 5.32 Å². The second-order valence-electron chi connectivity index (χ2n) is 7.75. The molecule has 0 saturated carbocycles. The van der Waals surface area contributed by atoms with Gasteiger partial charge < -0.3 is 9.88 Å². The fraction of sp³-hybridized carbons (Fsp3) is 0.375. The van der Waals surface area contributed by atoms with Crippen LogP contribution in [-0.4, -0.2) is 17.0 Å². The SMILES string of the molecule is CCn1cc([C@@H](CC(=O)NCC(C)C)c2ccc(C)cc2)c2ccccc21. The van der Waals surface area contributed by atoms with E-state index in [2.05, 4.69) is 92.3 Å². The Morgan fingerprint density at radius 2 is 1.78 bits per heavy atom. The first-order valence-corrected chi connectivity index (χ1v) is 9.90. The van der Waals surface area contributed by atoms with Crippen LogP contribution in [0.4, 0.5) is 0 Å². The average molecular weight is 363 g/mol. The molecular weight excluding hydrogens is 332 g/mol. The van der Waals surface area contributed by atoms with Gasteiger partial charge in [-0.3, -0.25) is 4.79 Å². The predicted octanol–water partition coefficient (Wildman–Crippen LogP) is 5.26. The maximum absolute atomic E-state index is 12.7. The number of benzene rings is 2. The number of fused-ring (bicyclic) bond motifs is 1. The summed E-state index contributed by atoms with van der Waals surface area (Å²) in [6, 6.07) is 17.1. The topological polar surface area (TPSA) is 34.0 Å². The molecule has 0 radical (unpaired) electrons. The molecule has 3 aromatic rings. The zero-order chi connectivity index (χ0) is 19.4. The zero-order valence-electron chi connectivity index (χ0n) is 16.8. The summed E-state index contributed by atoms with van der Waals surface area (Å²) in [4.78, 5) is 12.7. The Hall–Kier alpha value is -2.55. The molecule has 142 valence electrons. The molecule has 0 spiro atoms. The van der Waals surface area contributed by atoms with E-state index >= 15 is 0 Å². The summed E-state index contributed by atoms with van der Waals surface area (Å²) < 4.78 is 2.28. The minimum Gasteiger partial charge on any atom is -0.356 e. The molecule has 0 bridgehead atoms. The highest BCUT2D eigenvalue weighted by atomic mass is 16.1. The van der Waals surface area contributed by atoms with Crippen molar-refractivity contribution in [3.05, 3.63) is 71.4 Å². The molecule has 0 aliphatic rings. The van der Waals surface area contributed by atoms with E-state index < -0.39 is 0 Å². The van der Waals surface area contributed by atoms with Gasteiger partial charge >= 0.3 is 0 Å². The van der Waals surface area contributed by atoms with Crippen LogP contribution in [0.15, 0.2) is 54.7 Å². The summed E-state index contributed by atoms with van der Waals surface area (Å²) in [7, 11) is 0.